The molecule has 2 rings (SSSR count). The fourth-order valence-electron chi connectivity index (χ4n) is 2.60. The van der Waals surface area contributed by atoms with Gasteiger partial charge in [-0.15, -0.1) is 12.6 Å². The molecule has 7 heteroatoms. The number of nitrogens with zero attached hydrogens (tertiary/aromatic N) is 2. The summed E-state index contributed by atoms with van der Waals surface area (Å²) >= 11 is 4.49. The minimum atomic E-state index is -0.565. The number of esters is 1. The number of hydrogen-bond acceptors (Lipinski definition) is 6. The number of thiol groups is 1. The van der Waals surface area contributed by atoms with Gasteiger partial charge in [-0.3, -0.25) is 9.59 Å². The third-order valence-corrected chi connectivity index (χ3v) is 4.44. The number of anilines is 1. The van der Waals surface area contributed by atoms with Crippen LogP contribution in [0.3, 0.4) is 0 Å². The second kappa shape index (κ2) is 10.7. The van der Waals surface area contributed by atoms with E-state index in [0.29, 0.717) is 35.0 Å². The first-order chi connectivity index (χ1) is 13.8. The predicted molar refractivity (Wildman–Crippen MR) is 117 cm³/mol. The SMILES string of the molecule is COc1ccc(C=C(OC(C)=O)C(=O)N(CCN(C)C)c2ccccc2S)cc1. The zero-order valence-electron chi connectivity index (χ0n) is 17.1. The summed E-state index contributed by atoms with van der Waals surface area (Å²) in [7, 11) is 5.43. The maximum absolute atomic E-state index is 13.4. The first-order valence-electron chi connectivity index (χ1n) is 9.10. The van der Waals surface area contributed by atoms with E-state index in [1.807, 2.05) is 43.3 Å². The molecule has 0 aliphatic rings. The third kappa shape index (κ3) is 6.66. The van der Waals surface area contributed by atoms with E-state index in [2.05, 4.69) is 12.6 Å². The molecule has 1 amide bonds. The predicted octanol–water partition coefficient (Wildman–Crippen LogP) is 3.48. The van der Waals surface area contributed by atoms with E-state index in [1.165, 1.54) is 6.92 Å². The standard InChI is InChI=1S/C22H26N2O4S/c1-16(25)28-20(15-17-9-11-18(27-4)12-10-17)22(26)24(14-13-23(2)3)19-7-5-6-8-21(19)29/h5-12,15,29H,13-14H2,1-4H3. The molecular weight excluding hydrogens is 388 g/mol. The quantitative estimate of drug-likeness (QED) is 0.310. The molecule has 0 heterocycles. The Morgan fingerprint density at radius 1 is 1.03 bits per heavy atom. The van der Waals surface area contributed by atoms with Crippen LogP contribution in [0.25, 0.3) is 6.08 Å². The van der Waals surface area contributed by atoms with Crippen molar-refractivity contribution in [2.75, 3.05) is 39.2 Å². The molecule has 0 fully saturated rings. The van der Waals surface area contributed by atoms with Crippen molar-refractivity contribution in [2.45, 2.75) is 11.8 Å². The molecule has 0 saturated heterocycles. The molecule has 0 aliphatic carbocycles. The molecule has 0 radical (unpaired) electrons. The molecule has 0 aliphatic heterocycles. The van der Waals surface area contributed by atoms with Gasteiger partial charge in [0.2, 0.25) is 0 Å². The Hall–Kier alpha value is -2.77. The summed E-state index contributed by atoms with van der Waals surface area (Å²) in [6, 6.07) is 14.4. The number of amides is 1. The summed E-state index contributed by atoms with van der Waals surface area (Å²) in [5.41, 5.74) is 1.36. The summed E-state index contributed by atoms with van der Waals surface area (Å²) < 4.78 is 10.4. The molecule has 0 bridgehead atoms. The van der Waals surface area contributed by atoms with Crippen LogP contribution in [-0.4, -0.2) is 51.1 Å². The van der Waals surface area contributed by atoms with Gasteiger partial charge >= 0.3 is 5.97 Å². The van der Waals surface area contributed by atoms with E-state index >= 15 is 0 Å². The van der Waals surface area contributed by atoms with Crippen molar-refractivity contribution in [3.63, 3.8) is 0 Å². The van der Waals surface area contributed by atoms with Gasteiger partial charge in [-0.2, -0.15) is 0 Å². The lowest BCUT2D eigenvalue weighted by Crippen LogP contribution is -2.38. The number of rotatable bonds is 8. The summed E-state index contributed by atoms with van der Waals surface area (Å²) in [6.45, 7) is 2.31. The Kier molecular flexibility index (Phi) is 8.30. The van der Waals surface area contributed by atoms with Crippen LogP contribution in [0.5, 0.6) is 5.75 Å². The van der Waals surface area contributed by atoms with Gasteiger partial charge in [0.15, 0.2) is 5.76 Å². The minimum Gasteiger partial charge on any atom is -0.497 e. The number of ether oxygens (including phenoxy) is 2. The van der Waals surface area contributed by atoms with Gasteiger partial charge in [0.05, 0.1) is 12.8 Å². The summed E-state index contributed by atoms with van der Waals surface area (Å²) in [4.78, 5) is 29.2. The zero-order chi connectivity index (χ0) is 21.4. The number of benzene rings is 2. The molecule has 0 saturated carbocycles. The van der Waals surface area contributed by atoms with Gasteiger partial charge in [-0.1, -0.05) is 24.3 Å². The number of hydrogen-bond donors (Lipinski definition) is 1. The molecule has 6 nitrogen and oxygen atoms in total. The van der Waals surface area contributed by atoms with Crippen LogP contribution in [-0.2, 0) is 14.3 Å². The molecule has 2 aromatic rings. The molecule has 29 heavy (non-hydrogen) atoms. The molecular formula is C22H26N2O4S. The number of carbonyl (C=O) groups excluding carboxylic acids is 2. The van der Waals surface area contributed by atoms with Crippen LogP contribution in [0.2, 0.25) is 0 Å². The van der Waals surface area contributed by atoms with E-state index < -0.39 is 11.9 Å². The molecule has 0 aromatic heterocycles. The second-order valence-electron chi connectivity index (χ2n) is 6.62. The minimum absolute atomic E-state index is 0.0574. The van der Waals surface area contributed by atoms with Crippen molar-refractivity contribution in [2.24, 2.45) is 0 Å². The van der Waals surface area contributed by atoms with Gasteiger partial charge in [-0.25, -0.2) is 0 Å². The maximum atomic E-state index is 13.4. The van der Waals surface area contributed by atoms with Crippen LogP contribution >= 0.6 is 12.6 Å². The second-order valence-corrected chi connectivity index (χ2v) is 7.11. The number of para-hydroxylation sites is 1. The third-order valence-electron chi connectivity index (χ3n) is 4.07. The van der Waals surface area contributed by atoms with E-state index in [-0.39, 0.29) is 5.76 Å². The Labute approximate surface area is 177 Å². The van der Waals surface area contributed by atoms with Crippen molar-refractivity contribution in [3.05, 3.63) is 59.9 Å². The van der Waals surface area contributed by atoms with Gasteiger partial charge < -0.3 is 19.3 Å². The van der Waals surface area contributed by atoms with Crippen LogP contribution in [0.15, 0.2) is 59.2 Å². The lowest BCUT2D eigenvalue weighted by molar-refractivity contribution is -0.140. The highest BCUT2D eigenvalue weighted by molar-refractivity contribution is 7.80. The van der Waals surface area contributed by atoms with E-state index in [1.54, 1.807) is 42.4 Å². The van der Waals surface area contributed by atoms with Gasteiger partial charge in [-0.05, 0) is 50.0 Å². The van der Waals surface area contributed by atoms with E-state index in [0.717, 1.165) is 0 Å². The van der Waals surface area contributed by atoms with Crippen LogP contribution in [0, 0.1) is 0 Å². The fraction of sp³-hybridized carbons (Fsp3) is 0.273. The van der Waals surface area contributed by atoms with Gasteiger partial charge in [0.1, 0.15) is 5.75 Å². The molecule has 0 atom stereocenters. The number of carbonyl (C=O) groups is 2. The Morgan fingerprint density at radius 3 is 2.24 bits per heavy atom. The first kappa shape index (κ1) is 22.5. The van der Waals surface area contributed by atoms with Crippen molar-refractivity contribution < 1.29 is 19.1 Å². The molecule has 2 aromatic carbocycles. The largest absolute Gasteiger partial charge is 0.497 e. The summed E-state index contributed by atoms with van der Waals surface area (Å²) in [6.07, 6.45) is 1.55. The van der Waals surface area contributed by atoms with E-state index in [4.69, 9.17) is 9.47 Å². The molecule has 0 unspecified atom stereocenters. The van der Waals surface area contributed by atoms with Crippen molar-refractivity contribution in [1.82, 2.24) is 4.90 Å². The molecule has 0 spiro atoms. The van der Waals surface area contributed by atoms with Gasteiger partial charge in [0.25, 0.3) is 5.91 Å². The summed E-state index contributed by atoms with van der Waals surface area (Å²) in [5.74, 6) is -0.346. The van der Waals surface area contributed by atoms with Crippen LogP contribution in [0.4, 0.5) is 5.69 Å². The monoisotopic (exact) mass is 414 g/mol. The lowest BCUT2D eigenvalue weighted by atomic mass is 10.1. The van der Waals surface area contributed by atoms with Crippen molar-refractivity contribution >= 4 is 36.3 Å². The number of likely N-dealkylation sites (N-methyl/N-ethyl adjacent to an activating group) is 1. The Morgan fingerprint density at radius 2 is 1.69 bits per heavy atom. The number of methoxy groups -OCH3 is 1. The Bertz CT molecular complexity index is 879. The normalized spacial score (nSPS) is 11.3. The van der Waals surface area contributed by atoms with E-state index in [9.17, 15) is 9.59 Å². The highest BCUT2D eigenvalue weighted by Crippen LogP contribution is 2.26. The maximum Gasteiger partial charge on any atom is 0.308 e. The van der Waals surface area contributed by atoms with Crippen LogP contribution in [0.1, 0.15) is 12.5 Å². The molecule has 154 valence electrons. The smallest absolute Gasteiger partial charge is 0.308 e. The first-order valence-corrected chi connectivity index (χ1v) is 9.55. The Balaban J connectivity index is 2.44. The zero-order valence-corrected chi connectivity index (χ0v) is 18.0. The van der Waals surface area contributed by atoms with Crippen molar-refractivity contribution in [1.29, 1.82) is 0 Å². The molecule has 0 N–H and O–H groups in total. The average Bonchev–Trinajstić information content (AvgIpc) is 2.68. The topological polar surface area (TPSA) is 59.1 Å². The van der Waals surface area contributed by atoms with Crippen LogP contribution < -0.4 is 9.64 Å². The lowest BCUT2D eigenvalue weighted by Gasteiger charge is -2.26. The average molecular weight is 415 g/mol. The fourth-order valence-corrected chi connectivity index (χ4v) is 2.88. The van der Waals surface area contributed by atoms with Gasteiger partial charge in [0, 0.05) is 24.9 Å². The highest BCUT2D eigenvalue weighted by atomic mass is 32.1. The van der Waals surface area contributed by atoms with Crippen molar-refractivity contribution in [3.8, 4) is 5.75 Å². The summed E-state index contributed by atoms with van der Waals surface area (Å²) in [5, 5.41) is 0. The highest BCUT2D eigenvalue weighted by Gasteiger charge is 2.24.